The number of carbonyl (C=O) groups is 2. The summed E-state index contributed by atoms with van der Waals surface area (Å²) < 4.78 is 0. The molecule has 0 saturated heterocycles. The van der Waals surface area contributed by atoms with Crippen LogP contribution in [-0.4, -0.2) is 22.0 Å². The van der Waals surface area contributed by atoms with Crippen molar-refractivity contribution in [1.29, 1.82) is 0 Å². The first-order valence-electron chi connectivity index (χ1n) is 9.20. The zero-order valence-electron chi connectivity index (χ0n) is 15.7. The van der Waals surface area contributed by atoms with Crippen molar-refractivity contribution in [1.82, 2.24) is 4.98 Å². The molecule has 0 atom stereocenters. The number of hydrogen-bond acceptors (Lipinski definition) is 4. The van der Waals surface area contributed by atoms with E-state index < -0.39 is 11.9 Å². The summed E-state index contributed by atoms with van der Waals surface area (Å²) >= 11 is 1.40. The van der Waals surface area contributed by atoms with Gasteiger partial charge in [-0.1, -0.05) is 67.6 Å². The van der Waals surface area contributed by atoms with E-state index in [-0.39, 0.29) is 11.1 Å². The fourth-order valence-electron chi connectivity index (χ4n) is 3.32. The van der Waals surface area contributed by atoms with E-state index in [1.54, 1.807) is 24.3 Å². The fraction of sp³-hybridized carbons (Fsp3) is 0.0870. The summed E-state index contributed by atoms with van der Waals surface area (Å²) in [4.78, 5) is 30.5. The number of nitrogens with one attached hydrogen (secondary N) is 1. The Bertz CT molecular complexity index is 1220. The predicted molar refractivity (Wildman–Crippen MR) is 116 cm³/mol. The standard InChI is InChI=1S/C23H18N2O3S/c1-2-18-20(15-9-4-3-5-10-15)24-23(29-18)25-21(26)17-13-12-14-8-6-7-11-16(14)19(17)22(27)28/h3-13H,2H2,1H3,(H,27,28)(H,24,25,26). The Labute approximate surface area is 171 Å². The Morgan fingerprint density at radius 1 is 1.00 bits per heavy atom. The molecule has 2 N–H and O–H groups in total. The number of carbonyl (C=O) groups excluding carboxylic acids is 1. The van der Waals surface area contributed by atoms with Gasteiger partial charge in [0.05, 0.1) is 16.8 Å². The molecule has 0 aliphatic rings. The lowest BCUT2D eigenvalue weighted by Crippen LogP contribution is -2.16. The highest BCUT2D eigenvalue weighted by molar-refractivity contribution is 7.16. The number of aromatic nitrogens is 1. The van der Waals surface area contributed by atoms with Crippen molar-refractivity contribution in [2.75, 3.05) is 5.32 Å². The first-order chi connectivity index (χ1) is 14.1. The average molecular weight is 402 g/mol. The van der Waals surface area contributed by atoms with E-state index in [4.69, 9.17) is 0 Å². The van der Waals surface area contributed by atoms with Gasteiger partial charge in [-0.05, 0) is 23.3 Å². The normalized spacial score (nSPS) is 10.8. The molecular formula is C23H18N2O3S. The fourth-order valence-corrected chi connectivity index (χ4v) is 4.24. The van der Waals surface area contributed by atoms with Crippen LogP contribution in [0.4, 0.5) is 5.13 Å². The molecule has 0 aliphatic heterocycles. The van der Waals surface area contributed by atoms with E-state index >= 15 is 0 Å². The molecular weight excluding hydrogens is 384 g/mol. The molecule has 0 aliphatic carbocycles. The number of rotatable bonds is 5. The van der Waals surface area contributed by atoms with Crippen LogP contribution >= 0.6 is 11.3 Å². The number of aryl methyl sites for hydroxylation is 1. The largest absolute Gasteiger partial charge is 0.478 e. The molecule has 1 amide bonds. The SMILES string of the molecule is CCc1sc(NC(=O)c2ccc3ccccc3c2C(=O)O)nc1-c1ccccc1. The Morgan fingerprint density at radius 2 is 1.72 bits per heavy atom. The van der Waals surface area contributed by atoms with Crippen molar-refractivity contribution in [2.24, 2.45) is 0 Å². The maximum atomic E-state index is 12.9. The molecule has 0 unspecified atom stereocenters. The Kier molecular flexibility index (Phi) is 5.10. The van der Waals surface area contributed by atoms with Crippen LogP contribution in [0.5, 0.6) is 0 Å². The first kappa shape index (κ1) is 18.8. The number of benzene rings is 3. The van der Waals surface area contributed by atoms with Gasteiger partial charge in [0.2, 0.25) is 0 Å². The quantitative estimate of drug-likeness (QED) is 0.463. The molecule has 3 aromatic carbocycles. The Balaban J connectivity index is 1.71. The second kappa shape index (κ2) is 7.85. The lowest BCUT2D eigenvalue weighted by atomic mass is 9.98. The predicted octanol–water partition coefficient (Wildman–Crippen LogP) is 5.48. The summed E-state index contributed by atoms with van der Waals surface area (Å²) in [5.41, 5.74) is 1.94. The van der Waals surface area contributed by atoms with Gasteiger partial charge >= 0.3 is 5.97 Å². The van der Waals surface area contributed by atoms with Gasteiger partial charge in [-0.15, -0.1) is 11.3 Å². The molecule has 5 nitrogen and oxygen atoms in total. The number of carboxylic acids is 1. The van der Waals surface area contributed by atoms with E-state index in [1.165, 1.54) is 11.3 Å². The van der Waals surface area contributed by atoms with E-state index in [1.807, 2.05) is 49.4 Å². The van der Waals surface area contributed by atoms with E-state index in [0.717, 1.165) is 27.9 Å². The first-order valence-corrected chi connectivity index (χ1v) is 10.0. The molecule has 0 radical (unpaired) electrons. The number of aromatic carboxylic acids is 1. The lowest BCUT2D eigenvalue weighted by molar-refractivity contribution is 0.0695. The molecule has 0 spiro atoms. The highest BCUT2D eigenvalue weighted by Crippen LogP contribution is 2.32. The number of nitrogens with zero attached hydrogens (tertiary/aromatic N) is 1. The highest BCUT2D eigenvalue weighted by Gasteiger charge is 2.21. The van der Waals surface area contributed by atoms with Crippen molar-refractivity contribution < 1.29 is 14.7 Å². The van der Waals surface area contributed by atoms with Crippen LogP contribution in [0.2, 0.25) is 0 Å². The summed E-state index contributed by atoms with van der Waals surface area (Å²) in [7, 11) is 0. The molecule has 1 aromatic heterocycles. The second-order valence-electron chi connectivity index (χ2n) is 6.48. The number of fused-ring (bicyclic) bond motifs is 1. The summed E-state index contributed by atoms with van der Waals surface area (Å²) in [6.07, 6.45) is 0.786. The maximum Gasteiger partial charge on any atom is 0.337 e. The van der Waals surface area contributed by atoms with Gasteiger partial charge < -0.3 is 5.11 Å². The minimum absolute atomic E-state index is 0.00356. The van der Waals surface area contributed by atoms with Gasteiger partial charge in [-0.2, -0.15) is 0 Å². The summed E-state index contributed by atoms with van der Waals surface area (Å²) in [5.74, 6) is -1.62. The van der Waals surface area contributed by atoms with Gasteiger partial charge in [0.15, 0.2) is 5.13 Å². The van der Waals surface area contributed by atoms with E-state index in [9.17, 15) is 14.7 Å². The van der Waals surface area contributed by atoms with Crippen LogP contribution in [0, 0.1) is 0 Å². The Morgan fingerprint density at radius 3 is 2.45 bits per heavy atom. The van der Waals surface area contributed by atoms with Gasteiger partial charge in [0, 0.05) is 10.4 Å². The molecule has 29 heavy (non-hydrogen) atoms. The van der Waals surface area contributed by atoms with Crippen LogP contribution in [0.15, 0.2) is 66.7 Å². The van der Waals surface area contributed by atoms with Crippen molar-refractivity contribution in [3.05, 3.63) is 82.7 Å². The molecule has 144 valence electrons. The minimum Gasteiger partial charge on any atom is -0.478 e. The third-order valence-corrected chi connectivity index (χ3v) is 5.79. The number of amides is 1. The Hall–Kier alpha value is -3.51. The van der Waals surface area contributed by atoms with Crippen LogP contribution in [0.3, 0.4) is 0 Å². The summed E-state index contributed by atoms with van der Waals surface area (Å²) in [6, 6.07) is 20.2. The van der Waals surface area contributed by atoms with Gasteiger partial charge in [0.1, 0.15) is 0 Å². The summed E-state index contributed by atoms with van der Waals surface area (Å²) in [6.45, 7) is 2.04. The van der Waals surface area contributed by atoms with Crippen molar-refractivity contribution in [3.8, 4) is 11.3 Å². The average Bonchev–Trinajstić information content (AvgIpc) is 3.16. The van der Waals surface area contributed by atoms with Crippen LogP contribution in [0.25, 0.3) is 22.0 Å². The monoisotopic (exact) mass is 402 g/mol. The second-order valence-corrected chi connectivity index (χ2v) is 7.56. The van der Waals surface area contributed by atoms with Gasteiger partial charge in [-0.25, -0.2) is 9.78 Å². The summed E-state index contributed by atoms with van der Waals surface area (Å²) in [5, 5.41) is 14.3. The lowest BCUT2D eigenvalue weighted by Gasteiger charge is -2.09. The van der Waals surface area contributed by atoms with Crippen molar-refractivity contribution >= 4 is 39.1 Å². The molecule has 0 bridgehead atoms. The van der Waals surface area contributed by atoms with Crippen molar-refractivity contribution in [3.63, 3.8) is 0 Å². The number of hydrogen-bond donors (Lipinski definition) is 2. The zero-order chi connectivity index (χ0) is 20.4. The third kappa shape index (κ3) is 3.62. The van der Waals surface area contributed by atoms with E-state index in [2.05, 4.69) is 10.3 Å². The smallest absolute Gasteiger partial charge is 0.337 e. The zero-order valence-corrected chi connectivity index (χ0v) is 16.5. The molecule has 6 heteroatoms. The van der Waals surface area contributed by atoms with Crippen molar-refractivity contribution in [2.45, 2.75) is 13.3 Å². The van der Waals surface area contributed by atoms with Crippen LogP contribution in [-0.2, 0) is 6.42 Å². The molecule has 0 saturated carbocycles. The van der Waals surface area contributed by atoms with E-state index in [0.29, 0.717) is 10.5 Å². The third-order valence-electron chi connectivity index (χ3n) is 4.67. The highest BCUT2D eigenvalue weighted by atomic mass is 32.1. The molecule has 4 aromatic rings. The van der Waals surface area contributed by atoms with Crippen LogP contribution in [0.1, 0.15) is 32.5 Å². The number of anilines is 1. The van der Waals surface area contributed by atoms with Gasteiger partial charge in [0.25, 0.3) is 5.91 Å². The van der Waals surface area contributed by atoms with Gasteiger partial charge in [-0.3, -0.25) is 10.1 Å². The van der Waals surface area contributed by atoms with Crippen LogP contribution < -0.4 is 5.32 Å². The molecule has 4 rings (SSSR count). The molecule has 0 fully saturated rings. The molecule has 1 heterocycles. The number of thiazole rings is 1. The number of carboxylic acid groups (broad SMARTS) is 1. The topological polar surface area (TPSA) is 79.3 Å². The minimum atomic E-state index is -1.13. The maximum absolute atomic E-state index is 12.9.